The summed E-state index contributed by atoms with van der Waals surface area (Å²) >= 11 is 0. The second-order valence-electron chi connectivity index (χ2n) is 7.62. The average molecular weight is 560 g/mol. The van der Waals surface area contributed by atoms with Crippen LogP contribution < -0.4 is 17.1 Å². The van der Waals surface area contributed by atoms with Crippen LogP contribution in [0.2, 0.25) is 0 Å². The van der Waals surface area contributed by atoms with Crippen LogP contribution in [-0.2, 0) is 55.6 Å². The van der Waals surface area contributed by atoms with Crippen molar-refractivity contribution in [3.63, 3.8) is 0 Å². The van der Waals surface area contributed by atoms with Gasteiger partial charge in [-0.15, -0.1) is 14.2 Å². The summed E-state index contributed by atoms with van der Waals surface area (Å²) in [5.74, 6) is 0. The zero-order valence-electron chi connectivity index (χ0n) is 22.1. The Hall–Kier alpha value is -3.44. The molecule has 0 saturated heterocycles. The first-order valence-corrected chi connectivity index (χ1v) is 12.0. The largest absolute Gasteiger partial charge is 0.424 e. The maximum absolute atomic E-state index is 11.0. The fourth-order valence-corrected chi connectivity index (χ4v) is 3.04. The van der Waals surface area contributed by atoms with Gasteiger partial charge in [0, 0.05) is 34.2 Å². The normalized spacial score (nSPS) is 9.89. The van der Waals surface area contributed by atoms with Gasteiger partial charge >= 0.3 is 17.1 Å². The van der Waals surface area contributed by atoms with E-state index in [1.165, 1.54) is 0 Å². The third kappa shape index (κ3) is 9.51. The maximum atomic E-state index is 11.0. The van der Waals surface area contributed by atoms with Crippen LogP contribution in [0.4, 0.5) is 0 Å². The standard InChI is InChI=1S/3C8H12N2O2.Fe/c3*1-3-6-5-7(4-2)10(12)8(11)9-6;/h3*5,12H,3-4H2,1-2H3;. The van der Waals surface area contributed by atoms with Gasteiger partial charge in [-0.3, -0.25) is 0 Å². The summed E-state index contributed by atoms with van der Waals surface area (Å²) in [6.07, 6.45) is 4.01. The van der Waals surface area contributed by atoms with Crippen molar-refractivity contribution in [3.8, 4) is 0 Å². The van der Waals surface area contributed by atoms with Crippen molar-refractivity contribution < 1.29 is 32.7 Å². The monoisotopic (exact) mass is 560 g/mol. The van der Waals surface area contributed by atoms with Crippen LogP contribution in [0, 0.1) is 0 Å². The molecule has 0 amide bonds. The molecule has 0 saturated carbocycles. The molecule has 206 valence electrons. The van der Waals surface area contributed by atoms with E-state index in [9.17, 15) is 14.4 Å². The van der Waals surface area contributed by atoms with Gasteiger partial charge in [0.15, 0.2) is 0 Å². The third-order valence-corrected chi connectivity index (χ3v) is 5.25. The van der Waals surface area contributed by atoms with Gasteiger partial charge in [0.25, 0.3) is 0 Å². The molecule has 3 N–H and O–H groups in total. The van der Waals surface area contributed by atoms with Gasteiger partial charge in [0.2, 0.25) is 0 Å². The SMILES string of the molecule is CCc1cc(CC)n(O)c(=O)n1.CCc1cc(CC)n(O)c(=O)n1.CCc1cc(CC)n(O)c(=O)n1.[Fe]. The van der Waals surface area contributed by atoms with E-state index in [-0.39, 0.29) is 17.1 Å². The zero-order chi connectivity index (χ0) is 27.4. The molecule has 0 unspecified atom stereocenters. The number of aromatic nitrogens is 6. The Morgan fingerprint density at radius 3 is 0.892 bits per heavy atom. The van der Waals surface area contributed by atoms with Crippen molar-refractivity contribution in [2.24, 2.45) is 0 Å². The Morgan fingerprint density at radius 1 is 0.514 bits per heavy atom. The Bertz CT molecular complexity index is 1160. The minimum atomic E-state index is -0.591. The fourth-order valence-electron chi connectivity index (χ4n) is 3.04. The fraction of sp³-hybridized carbons (Fsp3) is 0.500. The van der Waals surface area contributed by atoms with Crippen molar-refractivity contribution in [3.05, 3.63) is 83.8 Å². The van der Waals surface area contributed by atoms with E-state index in [0.717, 1.165) is 17.1 Å². The van der Waals surface area contributed by atoms with E-state index in [1.54, 1.807) is 18.2 Å². The van der Waals surface area contributed by atoms with Crippen molar-refractivity contribution in [1.82, 2.24) is 29.1 Å². The van der Waals surface area contributed by atoms with Crippen LogP contribution >= 0.6 is 0 Å². The molecule has 12 nitrogen and oxygen atoms in total. The number of aryl methyl sites for hydroxylation is 6. The topological polar surface area (TPSA) is 165 Å². The average Bonchev–Trinajstić information content (AvgIpc) is 2.89. The smallest absolute Gasteiger partial charge is 0.380 e. The molecular weight excluding hydrogens is 524 g/mol. The van der Waals surface area contributed by atoms with Gasteiger partial charge in [-0.2, -0.15) is 15.0 Å². The molecule has 37 heavy (non-hydrogen) atoms. The molecule has 0 aliphatic heterocycles. The molecular formula is C24H36FeN6O6. The summed E-state index contributed by atoms with van der Waals surface area (Å²) in [5, 5.41) is 27.5. The van der Waals surface area contributed by atoms with Crippen LogP contribution in [0.5, 0.6) is 0 Å². The Kier molecular flexibility index (Phi) is 14.8. The summed E-state index contributed by atoms with van der Waals surface area (Å²) in [4.78, 5) is 43.9. The number of nitrogens with zero attached hydrogens (tertiary/aromatic N) is 6. The summed E-state index contributed by atoms with van der Waals surface area (Å²) in [7, 11) is 0. The number of hydrogen-bond donors (Lipinski definition) is 3. The van der Waals surface area contributed by atoms with E-state index >= 15 is 0 Å². The predicted octanol–water partition coefficient (Wildman–Crippen LogP) is 1.81. The minimum Gasteiger partial charge on any atom is -0.424 e. The Labute approximate surface area is 225 Å². The molecule has 0 radical (unpaired) electrons. The number of rotatable bonds is 6. The summed E-state index contributed by atoms with van der Waals surface area (Å²) in [6.45, 7) is 11.4. The summed E-state index contributed by atoms with van der Waals surface area (Å²) in [5.41, 5.74) is 2.21. The predicted molar refractivity (Wildman–Crippen MR) is 133 cm³/mol. The van der Waals surface area contributed by atoms with Gasteiger partial charge in [-0.1, -0.05) is 41.5 Å². The molecule has 0 aliphatic rings. The molecule has 0 aromatic carbocycles. The second-order valence-corrected chi connectivity index (χ2v) is 7.62. The summed E-state index contributed by atoms with van der Waals surface area (Å²) in [6, 6.07) is 5.21. The van der Waals surface area contributed by atoms with Crippen LogP contribution in [-0.4, -0.2) is 44.8 Å². The van der Waals surface area contributed by atoms with Crippen LogP contribution in [0.3, 0.4) is 0 Å². The quantitative estimate of drug-likeness (QED) is 0.301. The first-order valence-electron chi connectivity index (χ1n) is 12.0. The number of hydrogen-bond acceptors (Lipinski definition) is 9. The molecule has 0 bridgehead atoms. The van der Waals surface area contributed by atoms with Gasteiger partial charge in [-0.05, 0) is 56.7 Å². The van der Waals surface area contributed by atoms with E-state index in [2.05, 4.69) is 15.0 Å². The minimum absolute atomic E-state index is 0. The molecule has 0 aliphatic carbocycles. The van der Waals surface area contributed by atoms with Gasteiger partial charge in [0.05, 0.1) is 17.1 Å². The molecule has 3 rings (SSSR count). The molecule has 3 heterocycles. The molecule has 0 spiro atoms. The third-order valence-electron chi connectivity index (χ3n) is 5.25. The van der Waals surface area contributed by atoms with E-state index in [1.807, 2.05) is 41.5 Å². The Morgan fingerprint density at radius 2 is 0.730 bits per heavy atom. The maximum Gasteiger partial charge on any atom is 0.380 e. The Balaban J connectivity index is 0.000000518. The van der Waals surface area contributed by atoms with Crippen LogP contribution in [0.1, 0.15) is 75.7 Å². The molecule has 0 fully saturated rings. The first-order chi connectivity index (χ1) is 17.1. The van der Waals surface area contributed by atoms with Crippen molar-refractivity contribution >= 4 is 0 Å². The van der Waals surface area contributed by atoms with E-state index < -0.39 is 17.1 Å². The van der Waals surface area contributed by atoms with Crippen molar-refractivity contribution in [2.75, 3.05) is 0 Å². The molecule has 0 atom stereocenters. The molecule has 3 aromatic heterocycles. The van der Waals surface area contributed by atoms with Gasteiger partial charge in [-0.25, -0.2) is 14.4 Å². The van der Waals surface area contributed by atoms with Gasteiger partial charge in [0.1, 0.15) is 0 Å². The van der Waals surface area contributed by atoms with Crippen LogP contribution in [0.15, 0.2) is 32.6 Å². The van der Waals surface area contributed by atoms with Gasteiger partial charge < -0.3 is 15.6 Å². The van der Waals surface area contributed by atoms with E-state index in [4.69, 9.17) is 15.6 Å². The zero-order valence-corrected chi connectivity index (χ0v) is 23.2. The van der Waals surface area contributed by atoms with Crippen molar-refractivity contribution in [1.29, 1.82) is 0 Å². The first kappa shape index (κ1) is 33.6. The van der Waals surface area contributed by atoms with Crippen LogP contribution in [0.25, 0.3) is 0 Å². The summed E-state index contributed by atoms with van der Waals surface area (Å²) < 4.78 is 1.79. The molecule has 3 aromatic rings. The second kappa shape index (κ2) is 16.3. The van der Waals surface area contributed by atoms with Crippen molar-refractivity contribution in [2.45, 2.75) is 80.1 Å². The molecule has 13 heteroatoms. The van der Waals surface area contributed by atoms with E-state index in [0.29, 0.717) is 69.8 Å².